The summed E-state index contributed by atoms with van der Waals surface area (Å²) in [4.78, 5) is 17.8. The molecule has 0 amide bonds. The molecule has 0 aliphatic carbocycles. The lowest BCUT2D eigenvalue weighted by molar-refractivity contribution is 0.396. The first kappa shape index (κ1) is 9.77. The molecule has 0 spiro atoms. The predicted octanol–water partition coefficient (Wildman–Crippen LogP) is 0.977. The number of hydrogen-bond donors (Lipinski definition) is 1. The first-order chi connectivity index (χ1) is 6.15. The number of rotatable bonds is 3. The molecule has 0 unspecified atom stereocenters. The van der Waals surface area contributed by atoms with Crippen LogP contribution in [0.25, 0.3) is 0 Å². The van der Waals surface area contributed by atoms with E-state index in [1.54, 1.807) is 0 Å². The molecule has 1 aromatic heterocycles. The van der Waals surface area contributed by atoms with Gasteiger partial charge in [-0.2, -0.15) is 0 Å². The van der Waals surface area contributed by atoms with Crippen LogP contribution in [0.1, 0.15) is 19.5 Å². The van der Waals surface area contributed by atoms with E-state index in [0.29, 0.717) is 11.7 Å². The SMILES string of the molecule is COc1c(CC(C)C)nc[nH]c1=O. The summed E-state index contributed by atoms with van der Waals surface area (Å²) in [7, 11) is 1.48. The number of aromatic amines is 1. The van der Waals surface area contributed by atoms with E-state index in [2.05, 4.69) is 23.8 Å². The Balaban J connectivity index is 3.05. The van der Waals surface area contributed by atoms with E-state index in [1.165, 1.54) is 13.4 Å². The molecule has 1 heterocycles. The molecule has 1 rings (SSSR count). The van der Waals surface area contributed by atoms with Crippen LogP contribution in [0.15, 0.2) is 11.1 Å². The van der Waals surface area contributed by atoms with Crippen LogP contribution in [-0.2, 0) is 6.42 Å². The minimum absolute atomic E-state index is 0.215. The summed E-state index contributed by atoms with van der Waals surface area (Å²) >= 11 is 0. The van der Waals surface area contributed by atoms with E-state index >= 15 is 0 Å². The van der Waals surface area contributed by atoms with Crippen molar-refractivity contribution < 1.29 is 4.74 Å². The molecule has 0 saturated carbocycles. The lowest BCUT2D eigenvalue weighted by Crippen LogP contribution is -2.14. The largest absolute Gasteiger partial charge is 0.490 e. The van der Waals surface area contributed by atoms with Gasteiger partial charge in [0.2, 0.25) is 5.75 Å². The number of methoxy groups -OCH3 is 1. The molecule has 0 aromatic carbocycles. The van der Waals surface area contributed by atoms with Crippen molar-refractivity contribution in [3.63, 3.8) is 0 Å². The Morgan fingerprint density at radius 2 is 2.31 bits per heavy atom. The standard InChI is InChI=1S/C9H14N2O2/c1-6(2)4-7-8(13-3)9(12)11-5-10-7/h5-6H,4H2,1-3H3,(H,10,11,12). The normalized spacial score (nSPS) is 10.5. The van der Waals surface area contributed by atoms with Crippen molar-refractivity contribution in [1.29, 1.82) is 0 Å². The van der Waals surface area contributed by atoms with E-state index in [0.717, 1.165) is 12.1 Å². The van der Waals surface area contributed by atoms with E-state index in [4.69, 9.17) is 4.74 Å². The maximum Gasteiger partial charge on any atom is 0.293 e. The van der Waals surface area contributed by atoms with Gasteiger partial charge in [0.15, 0.2) is 0 Å². The molecule has 1 N–H and O–H groups in total. The van der Waals surface area contributed by atoms with Crippen molar-refractivity contribution in [2.24, 2.45) is 5.92 Å². The molecule has 13 heavy (non-hydrogen) atoms. The number of ether oxygens (including phenoxy) is 1. The lowest BCUT2D eigenvalue weighted by atomic mass is 10.1. The molecule has 4 nitrogen and oxygen atoms in total. The second-order valence-electron chi connectivity index (χ2n) is 3.31. The highest BCUT2D eigenvalue weighted by Gasteiger charge is 2.09. The van der Waals surface area contributed by atoms with Crippen LogP contribution in [0.4, 0.5) is 0 Å². The van der Waals surface area contributed by atoms with Crippen LogP contribution in [0, 0.1) is 5.92 Å². The molecular weight excluding hydrogens is 168 g/mol. The van der Waals surface area contributed by atoms with Crippen molar-refractivity contribution >= 4 is 0 Å². The molecule has 0 bridgehead atoms. The van der Waals surface area contributed by atoms with Crippen LogP contribution in [0.2, 0.25) is 0 Å². The van der Waals surface area contributed by atoms with Crippen LogP contribution in [0.5, 0.6) is 5.75 Å². The minimum Gasteiger partial charge on any atom is -0.490 e. The first-order valence-electron chi connectivity index (χ1n) is 4.25. The number of nitrogens with one attached hydrogen (secondary N) is 1. The van der Waals surface area contributed by atoms with Gasteiger partial charge in [-0.1, -0.05) is 13.8 Å². The molecule has 0 fully saturated rings. The number of hydrogen-bond acceptors (Lipinski definition) is 3. The Labute approximate surface area is 77.0 Å². The fraction of sp³-hybridized carbons (Fsp3) is 0.556. The van der Waals surface area contributed by atoms with Gasteiger partial charge in [0.1, 0.15) is 0 Å². The van der Waals surface area contributed by atoms with Crippen molar-refractivity contribution in [2.75, 3.05) is 7.11 Å². The van der Waals surface area contributed by atoms with Gasteiger partial charge in [0.05, 0.1) is 19.1 Å². The minimum atomic E-state index is -0.215. The zero-order valence-corrected chi connectivity index (χ0v) is 8.13. The summed E-state index contributed by atoms with van der Waals surface area (Å²) in [6.45, 7) is 4.14. The Morgan fingerprint density at radius 1 is 1.62 bits per heavy atom. The van der Waals surface area contributed by atoms with E-state index in [-0.39, 0.29) is 5.56 Å². The molecule has 0 radical (unpaired) electrons. The highest BCUT2D eigenvalue weighted by molar-refractivity contribution is 5.23. The van der Waals surface area contributed by atoms with E-state index < -0.39 is 0 Å². The number of H-pyrrole nitrogens is 1. The molecule has 0 saturated heterocycles. The van der Waals surface area contributed by atoms with Gasteiger partial charge in [0.25, 0.3) is 5.56 Å². The second-order valence-corrected chi connectivity index (χ2v) is 3.31. The fourth-order valence-electron chi connectivity index (χ4n) is 1.17. The molecule has 4 heteroatoms. The van der Waals surface area contributed by atoms with Crippen LogP contribution in [-0.4, -0.2) is 17.1 Å². The van der Waals surface area contributed by atoms with E-state index in [9.17, 15) is 4.79 Å². The molecule has 1 aromatic rings. The number of nitrogens with zero attached hydrogens (tertiary/aromatic N) is 1. The fourth-order valence-corrected chi connectivity index (χ4v) is 1.17. The van der Waals surface area contributed by atoms with Crippen LogP contribution < -0.4 is 10.3 Å². The molecule has 0 aliphatic rings. The Kier molecular flexibility index (Phi) is 3.06. The van der Waals surface area contributed by atoms with Gasteiger partial charge in [-0.05, 0) is 12.3 Å². The highest BCUT2D eigenvalue weighted by atomic mass is 16.5. The molecule has 72 valence electrons. The third-order valence-electron chi connectivity index (χ3n) is 1.69. The van der Waals surface area contributed by atoms with Gasteiger partial charge < -0.3 is 9.72 Å². The van der Waals surface area contributed by atoms with Crippen molar-refractivity contribution in [2.45, 2.75) is 20.3 Å². The van der Waals surface area contributed by atoms with Crippen molar-refractivity contribution in [3.05, 3.63) is 22.4 Å². The summed E-state index contributed by atoms with van der Waals surface area (Å²) in [5, 5.41) is 0. The Morgan fingerprint density at radius 3 is 2.85 bits per heavy atom. The highest BCUT2D eigenvalue weighted by Crippen LogP contribution is 2.12. The smallest absolute Gasteiger partial charge is 0.293 e. The Bertz CT molecular complexity index is 331. The topological polar surface area (TPSA) is 55.0 Å². The summed E-state index contributed by atoms with van der Waals surface area (Å²) < 4.78 is 4.97. The Hall–Kier alpha value is -1.32. The summed E-state index contributed by atoms with van der Waals surface area (Å²) in [5.41, 5.74) is 0.509. The zero-order valence-electron chi connectivity index (χ0n) is 8.13. The first-order valence-corrected chi connectivity index (χ1v) is 4.25. The maximum absolute atomic E-state index is 11.2. The van der Waals surface area contributed by atoms with Crippen LogP contribution >= 0.6 is 0 Å². The molecule has 0 aliphatic heterocycles. The summed E-state index contributed by atoms with van der Waals surface area (Å²) in [5.74, 6) is 0.791. The van der Waals surface area contributed by atoms with Gasteiger partial charge in [-0.15, -0.1) is 0 Å². The van der Waals surface area contributed by atoms with Crippen LogP contribution in [0.3, 0.4) is 0 Å². The maximum atomic E-state index is 11.2. The average Bonchev–Trinajstić information content (AvgIpc) is 2.03. The van der Waals surface area contributed by atoms with Gasteiger partial charge in [-0.25, -0.2) is 4.98 Å². The third-order valence-corrected chi connectivity index (χ3v) is 1.69. The average molecular weight is 182 g/mol. The van der Waals surface area contributed by atoms with Crippen molar-refractivity contribution in [3.8, 4) is 5.75 Å². The third kappa shape index (κ3) is 2.31. The second kappa shape index (κ2) is 4.07. The van der Waals surface area contributed by atoms with Gasteiger partial charge >= 0.3 is 0 Å². The summed E-state index contributed by atoms with van der Waals surface area (Å²) in [6.07, 6.45) is 2.16. The molecular formula is C9H14N2O2. The monoisotopic (exact) mass is 182 g/mol. The number of aromatic nitrogens is 2. The quantitative estimate of drug-likeness (QED) is 0.758. The summed E-state index contributed by atoms with van der Waals surface area (Å²) in [6, 6.07) is 0. The van der Waals surface area contributed by atoms with Crippen molar-refractivity contribution in [1.82, 2.24) is 9.97 Å². The van der Waals surface area contributed by atoms with Gasteiger partial charge in [0, 0.05) is 0 Å². The zero-order chi connectivity index (χ0) is 9.84. The lowest BCUT2D eigenvalue weighted by Gasteiger charge is -2.07. The van der Waals surface area contributed by atoms with E-state index in [1.807, 2.05) is 0 Å². The van der Waals surface area contributed by atoms with Gasteiger partial charge in [-0.3, -0.25) is 4.79 Å². The molecule has 0 atom stereocenters. The predicted molar refractivity (Wildman–Crippen MR) is 50.0 cm³/mol.